The largest absolute Gasteiger partial charge is 0.483 e. The molecule has 490 valence electrons. The van der Waals surface area contributed by atoms with Gasteiger partial charge in [-0.2, -0.15) is 65.9 Å². The van der Waals surface area contributed by atoms with E-state index in [1.807, 2.05) is 0 Å². The Morgan fingerprint density at radius 3 is 0.986 bits per heavy atom. The quantitative estimate of drug-likeness (QED) is 0.0625. The SMILES string of the molecule is C.C.C.C.C.C.C.C.C.C.C.C.C.C.C.C.C.C.C.C.C.CC(=O)F.CCC(C)OC(C)C(F)(F)C(F)(F)OC(F)(F)C(C)(F)F.CCCCOC(F)(F)CC(OC(F)(F)C(C)(C)F)=C(F)F.CCF.O=C(F)F. The third kappa shape index (κ3) is 83.4. The fourth-order valence-electron chi connectivity index (χ4n) is 2.11. The maximum absolute atomic E-state index is 13.4. The van der Waals surface area contributed by atoms with Crippen LogP contribution in [0.2, 0.25) is 0 Å². The van der Waals surface area contributed by atoms with E-state index in [9.17, 15) is 83.4 Å². The Balaban J connectivity index is -0.0000000174. The molecule has 6 nitrogen and oxygen atoms in total. The summed E-state index contributed by atoms with van der Waals surface area (Å²) in [5, 5.41) is 0. The first-order valence-corrected chi connectivity index (χ1v) is 14.5. The lowest BCUT2D eigenvalue weighted by atomic mass is 10.1. The third-order valence-electron chi connectivity index (χ3n) is 5.01. The van der Waals surface area contributed by atoms with Gasteiger partial charge < -0.3 is 14.2 Å². The van der Waals surface area contributed by atoms with Gasteiger partial charge in [-0.05, 0) is 47.5 Å². The monoisotopic (exact) mass is 1170 g/mol. The first kappa shape index (κ1) is 172. The second kappa shape index (κ2) is 74.7. The number of alkyl halides is 14. The molecular weight excluding hydrogens is 1050 g/mol. The van der Waals surface area contributed by atoms with Crippen molar-refractivity contribution in [1.82, 2.24) is 0 Å². The number of rotatable bonds is 17. The van der Waals surface area contributed by atoms with E-state index in [2.05, 4.69) is 18.9 Å². The van der Waals surface area contributed by atoms with Gasteiger partial charge in [-0.25, -0.2) is 13.9 Å². The van der Waals surface area contributed by atoms with Crippen molar-refractivity contribution in [2.45, 2.75) is 298 Å². The molecule has 2 atom stereocenters. The molecular formula is C49H125F19O6. The highest BCUT2D eigenvalue weighted by Crippen LogP contribution is 2.46. The average molecular weight is 1170 g/mol. The molecule has 0 aromatic heterocycles. The molecule has 0 aliphatic carbocycles. The van der Waals surface area contributed by atoms with E-state index in [1.54, 1.807) is 6.92 Å². The van der Waals surface area contributed by atoms with Crippen molar-refractivity contribution in [2.24, 2.45) is 0 Å². The smallest absolute Gasteiger partial charge is 0.429 e. The molecule has 0 heterocycles. The van der Waals surface area contributed by atoms with Gasteiger partial charge in [-0.1, -0.05) is 176 Å². The average Bonchev–Trinajstić information content (AvgIpc) is 2.90. The van der Waals surface area contributed by atoms with E-state index in [0.717, 1.165) is 6.92 Å². The molecule has 0 aliphatic heterocycles. The molecule has 0 fully saturated rings. The van der Waals surface area contributed by atoms with E-state index >= 15 is 0 Å². The summed E-state index contributed by atoms with van der Waals surface area (Å²) in [6.07, 6.45) is -30.5. The molecule has 0 amide bonds. The zero-order valence-corrected chi connectivity index (χ0v) is 29.5. The Hall–Kier alpha value is -2.57. The van der Waals surface area contributed by atoms with Gasteiger partial charge in [0.25, 0.3) is 6.04 Å². The van der Waals surface area contributed by atoms with E-state index in [-0.39, 0.29) is 175 Å². The topological polar surface area (TPSA) is 71.1 Å². The van der Waals surface area contributed by atoms with Crippen LogP contribution in [0.4, 0.5) is 88.2 Å². The van der Waals surface area contributed by atoms with Crippen LogP contribution in [0.15, 0.2) is 11.8 Å². The summed E-state index contributed by atoms with van der Waals surface area (Å²) < 4.78 is 249. The van der Waals surface area contributed by atoms with Gasteiger partial charge in [0.05, 0.1) is 19.4 Å². The predicted molar refractivity (Wildman–Crippen MR) is 290 cm³/mol. The van der Waals surface area contributed by atoms with Crippen LogP contribution in [-0.2, 0) is 23.7 Å². The number of hydrogen-bond donors (Lipinski definition) is 0. The summed E-state index contributed by atoms with van der Waals surface area (Å²) in [5.74, 6) is -12.3. The van der Waals surface area contributed by atoms with Crippen molar-refractivity contribution >= 4 is 12.3 Å². The second-order valence-corrected chi connectivity index (χ2v) is 10.4. The van der Waals surface area contributed by atoms with Crippen molar-refractivity contribution in [2.75, 3.05) is 13.3 Å². The summed E-state index contributed by atoms with van der Waals surface area (Å²) in [7, 11) is 0. The molecule has 0 rings (SSSR count). The fraction of sp³-hybridized carbons (Fsp3) is 0.918. The van der Waals surface area contributed by atoms with Crippen LogP contribution in [0.25, 0.3) is 0 Å². The molecule has 2 unspecified atom stereocenters. The Morgan fingerprint density at radius 1 is 0.514 bits per heavy atom. The zero-order valence-electron chi connectivity index (χ0n) is 29.5. The number of halogens is 19. The lowest BCUT2D eigenvalue weighted by Gasteiger charge is -2.34. The fourth-order valence-corrected chi connectivity index (χ4v) is 2.11. The molecule has 0 N–H and O–H groups in total. The van der Waals surface area contributed by atoms with Crippen molar-refractivity contribution in [3.63, 3.8) is 0 Å². The van der Waals surface area contributed by atoms with Gasteiger partial charge in [0.15, 0.2) is 5.76 Å². The molecule has 0 aromatic rings. The number of ether oxygens (including phenoxy) is 4. The third-order valence-corrected chi connectivity index (χ3v) is 5.01. The minimum Gasteiger partial charge on any atom is -0.429 e. The highest BCUT2D eigenvalue weighted by atomic mass is 19.3. The van der Waals surface area contributed by atoms with Crippen molar-refractivity contribution in [1.29, 1.82) is 0 Å². The maximum Gasteiger partial charge on any atom is 0.483 e. The predicted octanol–water partition coefficient (Wildman–Crippen LogP) is 25.8. The standard InChI is InChI=1S/C12H17F7O2.C11H16F8O2.C2H3FO.C2H5F.CF2O.21CH4/c1-4-5-6-20-11(16,17)7-8(9(13)14)21-12(18,19)10(2,3)15;1-5-6(2)20-7(3)9(14,15)11(18,19)21-10(16,17)8(4,12)13;1-2(3)4;1-2-3;2-1(3)4;;;;;;;;;;;;;;;;;;;;;/h4-7H2,1-3H3;6-7H,5H2,1-4H3;1H3;2H2,1H3;;21*1H4. The normalized spacial score (nSPS) is 9.73. The van der Waals surface area contributed by atoms with E-state index in [0.29, 0.717) is 27.2 Å². The Labute approximate surface area is 447 Å². The second-order valence-electron chi connectivity index (χ2n) is 10.4. The summed E-state index contributed by atoms with van der Waals surface area (Å²) in [4.78, 5) is 16.9. The van der Waals surface area contributed by atoms with Crippen LogP contribution in [0.5, 0.6) is 0 Å². The maximum atomic E-state index is 13.4. The molecule has 0 radical (unpaired) electrons. The van der Waals surface area contributed by atoms with Crippen LogP contribution in [-0.4, -0.2) is 79.8 Å². The van der Waals surface area contributed by atoms with Gasteiger partial charge in [0.1, 0.15) is 12.5 Å². The van der Waals surface area contributed by atoms with Gasteiger partial charge in [-0.15, -0.1) is 8.78 Å². The lowest BCUT2D eigenvalue weighted by Crippen LogP contribution is -2.57. The Kier molecular flexibility index (Phi) is 173. The van der Waals surface area contributed by atoms with Crippen molar-refractivity contribution < 1.29 is 112 Å². The first-order chi connectivity index (χ1) is 23.3. The van der Waals surface area contributed by atoms with E-state index < -0.39 is 98.3 Å². The molecule has 0 spiro atoms. The number of carbonyl (C=O) groups excluding carboxylic acids is 2. The molecule has 25 heteroatoms. The van der Waals surface area contributed by atoms with Crippen LogP contribution in [0, 0.1) is 0 Å². The number of carbonyl (C=O) groups is 2. The molecule has 0 saturated heterocycles. The summed E-state index contributed by atoms with van der Waals surface area (Å²) in [6.45, 7) is 6.94. The first-order valence-electron chi connectivity index (χ1n) is 14.5. The highest BCUT2D eigenvalue weighted by molar-refractivity contribution is 5.64. The highest BCUT2D eigenvalue weighted by Gasteiger charge is 2.69. The zero-order chi connectivity index (χ0) is 44.0. The molecule has 0 bridgehead atoms. The molecule has 0 aromatic carbocycles. The summed E-state index contributed by atoms with van der Waals surface area (Å²) in [5.41, 5.74) is -3.33. The Morgan fingerprint density at radius 2 is 0.784 bits per heavy atom. The van der Waals surface area contributed by atoms with Crippen LogP contribution < -0.4 is 0 Å². The summed E-state index contributed by atoms with van der Waals surface area (Å²) in [6, 6.07) is -1.33. The Bertz CT molecular complexity index is 1040. The van der Waals surface area contributed by atoms with Gasteiger partial charge in [0, 0.05) is 13.8 Å². The van der Waals surface area contributed by atoms with E-state index in [1.165, 1.54) is 20.8 Å². The van der Waals surface area contributed by atoms with Gasteiger partial charge in [0.2, 0.25) is 5.67 Å². The van der Waals surface area contributed by atoms with Crippen molar-refractivity contribution in [3.8, 4) is 0 Å². The molecule has 0 aliphatic rings. The lowest BCUT2D eigenvalue weighted by molar-refractivity contribution is -0.473. The number of hydrogen-bond acceptors (Lipinski definition) is 6. The summed E-state index contributed by atoms with van der Waals surface area (Å²) >= 11 is 0. The minimum absolute atomic E-state index is 0. The minimum atomic E-state index is -5.84. The van der Waals surface area contributed by atoms with Crippen LogP contribution >= 0.6 is 0 Å². The van der Waals surface area contributed by atoms with E-state index in [4.69, 9.17) is 9.59 Å². The van der Waals surface area contributed by atoms with Gasteiger partial charge >= 0.3 is 48.7 Å². The van der Waals surface area contributed by atoms with Gasteiger partial charge in [-0.3, -0.25) is 9.18 Å². The molecule has 74 heavy (non-hydrogen) atoms. The van der Waals surface area contributed by atoms with Crippen LogP contribution in [0.1, 0.15) is 244 Å². The molecule has 0 saturated carbocycles. The number of unbranched alkanes of at least 4 members (excludes halogenated alkanes) is 1. The van der Waals surface area contributed by atoms with Crippen LogP contribution in [0.3, 0.4) is 0 Å². The van der Waals surface area contributed by atoms with Crippen molar-refractivity contribution in [3.05, 3.63) is 11.8 Å².